The first-order valence-electron chi connectivity index (χ1n) is 6.22. The van der Waals surface area contributed by atoms with E-state index in [4.69, 9.17) is 0 Å². The summed E-state index contributed by atoms with van der Waals surface area (Å²) >= 11 is 0. The van der Waals surface area contributed by atoms with Crippen molar-refractivity contribution in [3.63, 3.8) is 0 Å². The third kappa shape index (κ3) is 3.31. The van der Waals surface area contributed by atoms with Gasteiger partial charge in [-0.3, -0.25) is 4.90 Å². The molecule has 0 bridgehead atoms. The van der Waals surface area contributed by atoms with Gasteiger partial charge in [-0.15, -0.1) is 0 Å². The second-order valence-electron chi connectivity index (χ2n) is 4.59. The van der Waals surface area contributed by atoms with E-state index in [0.717, 1.165) is 0 Å². The molecule has 2 aromatic rings. The van der Waals surface area contributed by atoms with Gasteiger partial charge < -0.3 is 0 Å². The molecule has 0 aromatic heterocycles. The van der Waals surface area contributed by atoms with Gasteiger partial charge in [0.25, 0.3) is 0 Å². The average molecular weight is 237 g/mol. The van der Waals surface area contributed by atoms with Gasteiger partial charge in [-0.05, 0) is 25.2 Å². The van der Waals surface area contributed by atoms with Gasteiger partial charge in [0.2, 0.25) is 0 Å². The van der Waals surface area contributed by atoms with Crippen molar-refractivity contribution in [1.29, 1.82) is 0 Å². The fourth-order valence-electron chi connectivity index (χ4n) is 2.00. The van der Waals surface area contributed by atoms with E-state index in [1.807, 2.05) is 6.07 Å². The van der Waals surface area contributed by atoms with E-state index >= 15 is 0 Å². The molecular weight excluding hydrogens is 218 g/mol. The van der Waals surface area contributed by atoms with Crippen molar-refractivity contribution in [3.05, 3.63) is 77.9 Å². The van der Waals surface area contributed by atoms with E-state index in [1.54, 1.807) is 0 Å². The molecule has 2 rings (SSSR count). The van der Waals surface area contributed by atoms with Crippen LogP contribution in [0.4, 0.5) is 0 Å². The molecule has 0 spiro atoms. The van der Waals surface area contributed by atoms with Crippen LogP contribution in [0.2, 0.25) is 0 Å². The molecule has 0 N–H and O–H groups in total. The fraction of sp³-hybridized carbons (Fsp3) is 0.176. The molecule has 1 heteroatoms. The van der Waals surface area contributed by atoms with Gasteiger partial charge >= 0.3 is 0 Å². The standard InChI is InChI=1S/C17H19N/c1-18(2)17(16-11-7-4-8-12-16)14-13-15-9-5-3-6-10-15/h3-14,17H,1-2H3/b14-13+. The highest BCUT2D eigenvalue weighted by Crippen LogP contribution is 2.20. The van der Waals surface area contributed by atoms with Gasteiger partial charge in [-0.1, -0.05) is 72.8 Å². The van der Waals surface area contributed by atoms with Gasteiger partial charge in [-0.2, -0.15) is 0 Å². The highest BCUT2D eigenvalue weighted by Gasteiger charge is 2.09. The summed E-state index contributed by atoms with van der Waals surface area (Å²) in [6.45, 7) is 0. The molecular formula is C17H19N. The zero-order valence-corrected chi connectivity index (χ0v) is 11.0. The Bertz CT molecular complexity index is 486. The minimum Gasteiger partial charge on any atom is -0.299 e. The Morgan fingerprint density at radius 1 is 0.833 bits per heavy atom. The normalized spacial score (nSPS) is 13.1. The molecule has 18 heavy (non-hydrogen) atoms. The predicted octanol–water partition coefficient (Wildman–Crippen LogP) is 4.00. The first kappa shape index (κ1) is 12.6. The maximum atomic E-state index is 2.24. The second-order valence-corrected chi connectivity index (χ2v) is 4.59. The van der Waals surface area contributed by atoms with Crippen LogP contribution in [0.15, 0.2) is 66.7 Å². The van der Waals surface area contributed by atoms with Crippen LogP contribution in [-0.4, -0.2) is 19.0 Å². The van der Waals surface area contributed by atoms with E-state index in [0.29, 0.717) is 6.04 Å². The summed E-state index contributed by atoms with van der Waals surface area (Å²) in [6.07, 6.45) is 4.42. The molecule has 0 heterocycles. The summed E-state index contributed by atoms with van der Waals surface area (Å²) in [5.41, 5.74) is 2.55. The summed E-state index contributed by atoms with van der Waals surface area (Å²) in [4.78, 5) is 2.22. The summed E-state index contributed by atoms with van der Waals surface area (Å²) in [5, 5.41) is 0. The maximum Gasteiger partial charge on any atom is 0.0529 e. The van der Waals surface area contributed by atoms with Crippen LogP contribution in [0, 0.1) is 0 Å². The Kier molecular flexibility index (Phi) is 4.32. The minimum atomic E-state index is 0.311. The quantitative estimate of drug-likeness (QED) is 0.776. The number of hydrogen-bond acceptors (Lipinski definition) is 1. The topological polar surface area (TPSA) is 3.24 Å². The van der Waals surface area contributed by atoms with Gasteiger partial charge in [0.05, 0.1) is 6.04 Å². The number of hydrogen-bond donors (Lipinski definition) is 0. The molecule has 0 aliphatic heterocycles. The van der Waals surface area contributed by atoms with E-state index in [-0.39, 0.29) is 0 Å². The molecule has 1 unspecified atom stereocenters. The highest BCUT2D eigenvalue weighted by molar-refractivity contribution is 5.50. The molecule has 1 atom stereocenters. The summed E-state index contributed by atoms with van der Waals surface area (Å²) in [6, 6.07) is 21.3. The molecule has 0 saturated carbocycles. The zero-order valence-electron chi connectivity index (χ0n) is 11.0. The molecule has 0 fully saturated rings. The number of benzene rings is 2. The van der Waals surface area contributed by atoms with Crippen LogP contribution < -0.4 is 0 Å². The van der Waals surface area contributed by atoms with Crippen LogP contribution in [0.3, 0.4) is 0 Å². The van der Waals surface area contributed by atoms with Crippen molar-refractivity contribution in [3.8, 4) is 0 Å². The summed E-state index contributed by atoms with van der Waals surface area (Å²) < 4.78 is 0. The maximum absolute atomic E-state index is 2.24. The molecule has 0 aliphatic rings. The van der Waals surface area contributed by atoms with E-state index in [1.165, 1.54) is 11.1 Å². The Morgan fingerprint density at radius 3 is 1.94 bits per heavy atom. The number of rotatable bonds is 4. The SMILES string of the molecule is CN(C)C(/C=C/c1ccccc1)c1ccccc1. The zero-order chi connectivity index (χ0) is 12.8. The molecule has 1 nitrogen and oxygen atoms in total. The lowest BCUT2D eigenvalue weighted by Gasteiger charge is -2.21. The third-order valence-corrected chi connectivity index (χ3v) is 2.97. The van der Waals surface area contributed by atoms with Crippen LogP contribution in [0.25, 0.3) is 6.08 Å². The van der Waals surface area contributed by atoms with Crippen molar-refractivity contribution in [2.24, 2.45) is 0 Å². The Balaban J connectivity index is 2.20. The van der Waals surface area contributed by atoms with E-state index < -0.39 is 0 Å². The van der Waals surface area contributed by atoms with E-state index in [2.05, 4.69) is 85.7 Å². The lowest BCUT2D eigenvalue weighted by molar-refractivity contribution is 0.352. The molecule has 0 amide bonds. The monoisotopic (exact) mass is 237 g/mol. The molecule has 0 radical (unpaired) electrons. The highest BCUT2D eigenvalue weighted by atomic mass is 15.1. The molecule has 2 aromatic carbocycles. The smallest absolute Gasteiger partial charge is 0.0529 e. The summed E-state index contributed by atoms with van der Waals surface area (Å²) in [5.74, 6) is 0. The average Bonchev–Trinajstić information content (AvgIpc) is 2.41. The van der Waals surface area contributed by atoms with Gasteiger partial charge in [0.15, 0.2) is 0 Å². The fourth-order valence-corrected chi connectivity index (χ4v) is 2.00. The molecule has 0 saturated heterocycles. The number of likely N-dealkylation sites (N-methyl/N-ethyl adjacent to an activating group) is 1. The van der Waals surface area contributed by atoms with Gasteiger partial charge in [0.1, 0.15) is 0 Å². The number of nitrogens with zero attached hydrogens (tertiary/aromatic N) is 1. The molecule has 92 valence electrons. The lowest BCUT2D eigenvalue weighted by atomic mass is 10.0. The van der Waals surface area contributed by atoms with Gasteiger partial charge in [-0.25, -0.2) is 0 Å². The molecule has 0 aliphatic carbocycles. The first-order valence-corrected chi connectivity index (χ1v) is 6.22. The van der Waals surface area contributed by atoms with Crippen LogP contribution in [0.5, 0.6) is 0 Å². The Hall–Kier alpha value is -1.86. The second kappa shape index (κ2) is 6.18. The predicted molar refractivity (Wildman–Crippen MR) is 78.3 cm³/mol. The van der Waals surface area contributed by atoms with E-state index in [9.17, 15) is 0 Å². The van der Waals surface area contributed by atoms with Crippen LogP contribution in [0.1, 0.15) is 17.2 Å². The Labute approximate surface area is 109 Å². The van der Waals surface area contributed by atoms with Crippen molar-refractivity contribution >= 4 is 6.08 Å². The summed E-state index contributed by atoms with van der Waals surface area (Å²) in [7, 11) is 4.21. The van der Waals surface area contributed by atoms with Crippen LogP contribution in [-0.2, 0) is 0 Å². The minimum absolute atomic E-state index is 0.311. The van der Waals surface area contributed by atoms with Crippen molar-refractivity contribution < 1.29 is 0 Å². The van der Waals surface area contributed by atoms with Gasteiger partial charge in [0, 0.05) is 0 Å². The Morgan fingerprint density at radius 2 is 1.39 bits per heavy atom. The third-order valence-electron chi connectivity index (χ3n) is 2.97. The van der Waals surface area contributed by atoms with Crippen molar-refractivity contribution in [2.45, 2.75) is 6.04 Å². The van der Waals surface area contributed by atoms with Crippen LogP contribution >= 0.6 is 0 Å². The largest absolute Gasteiger partial charge is 0.299 e. The van der Waals surface area contributed by atoms with Crippen molar-refractivity contribution in [1.82, 2.24) is 4.90 Å². The lowest BCUT2D eigenvalue weighted by Crippen LogP contribution is -2.17. The first-order chi connectivity index (χ1) is 8.77. The van der Waals surface area contributed by atoms with Crippen molar-refractivity contribution in [2.75, 3.05) is 14.1 Å².